The Balaban J connectivity index is 2.92. The molecule has 0 aromatic carbocycles. The number of hydrogen-bond acceptors (Lipinski definition) is 2. The van der Waals surface area contributed by atoms with E-state index in [1.165, 1.54) is 0 Å². The van der Waals surface area contributed by atoms with Crippen molar-refractivity contribution in [3.8, 4) is 0 Å². The summed E-state index contributed by atoms with van der Waals surface area (Å²) >= 11 is 12.4. The van der Waals surface area contributed by atoms with Gasteiger partial charge in [0.2, 0.25) is 0 Å². The molecule has 1 heterocycles. The molecule has 0 saturated carbocycles. The van der Waals surface area contributed by atoms with E-state index in [-0.39, 0.29) is 5.41 Å². The molecule has 0 aliphatic rings. The smallest absolute Gasteiger partial charge is 0.138 e. The predicted molar refractivity (Wildman–Crippen MR) is 77.4 cm³/mol. The van der Waals surface area contributed by atoms with Crippen molar-refractivity contribution in [3.63, 3.8) is 0 Å². The summed E-state index contributed by atoms with van der Waals surface area (Å²) in [6.45, 7) is 8.59. The Bertz CT molecular complexity index is 357. The Hall–Kier alpha value is -0.280. The average molecular weight is 292 g/mol. The summed E-state index contributed by atoms with van der Waals surface area (Å²) in [5, 5.41) is 4.27. The Morgan fingerprint density at radius 2 is 1.83 bits per heavy atom. The maximum Gasteiger partial charge on any atom is 0.138 e. The van der Waals surface area contributed by atoms with Crippen LogP contribution in [0.2, 0.25) is 0 Å². The van der Waals surface area contributed by atoms with E-state index in [4.69, 9.17) is 23.2 Å². The van der Waals surface area contributed by atoms with Gasteiger partial charge in [-0.2, -0.15) is 5.10 Å². The van der Waals surface area contributed by atoms with Gasteiger partial charge in [-0.05, 0) is 26.2 Å². The van der Waals surface area contributed by atoms with Crippen LogP contribution in [0.3, 0.4) is 0 Å². The normalized spacial score (nSPS) is 12.7. The molecule has 104 valence electrons. The first-order chi connectivity index (χ1) is 8.44. The van der Waals surface area contributed by atoms with Gasteiger partial charge in [0.1, 0.15) is 12.2 Å². The van der Waals surface area contributed by atoms with E-state index in [0.717, 1.165) is 18.7 Å². The monoisotopic (exact) mass is 291 g/mol. The Kier molecular flexibility index (Phi) is 5.93. The summed E-state index contributed by atoms with van der Waals surface area (Å²) in [5.74, 6) is 2.66. The molecule has 0 aliphatic carbocycles. The fourth-order valence-electron chi connectivity index (χ4n) is 2.34. The molecular formula is C13H23Cl2N3. The van der Waals surface area contributed by atoms with Crippen molar-refractivity contribution in [2.45, 2.75) is 46.6 Å². The van der Waals surface area contributed by atoms with E-state index in [1.54, 1.807) is 6.33 Å². The molecule has 0 fully saturated rings. The van der Waals surface area contributed by atoms with Crippen molar-refractivity contribution in [1.29, 1.82) is 0 Å². The van der Waals surface area contributed by atoms with Crippen LogP contribution in [0.25, 0.3) is 0 Å². The maximum absolute atomic E-state index is 6.18. The van der Waals surface area contributed by atoms with Gasteiger partial charge in [0, 0.05) is 29.6 Å². The molecule has 0 aliphatic heterocycles. The first-order valence-electron chi connectivity index (χ1n) is 6.44. The molecule has 0 bridgehead atoms. The van der Waals surface area contributed by atoms with Gasteiger partial charge in [0.05, 0.1) is 0 Å². The van der Waals surface area contributed by atoms with Crippen molar-refractivity contribution in [2.75, 3.05) is 11.8 Å². The Morgan fingerprint density at radius 1 is 1.22 bits per heavy atom. The van der Waals surface area contributed by atoms with Crippen molar-refractivity contribution in [2.24, 2.45) is 11.3 Å². The van der Waals surface area contributed by atoms with E-state index in [9.17, 15) is 0 Å². The van der Waals surface area contributed by atoms with Crippen molar-refractivity contribution in [1.82, 2.24) is 14.8 Å². The molecule has 0 N–H and O–H groups in total. The van der Waals surface area contributed by atoms with Crippen LogP contribution in [0.1, 0.15) is 46.0 Å². The van der Waals surface area contributed by atoms with Gasteiger partial charge in [-0.15, -0.1) is 23.2 Å². The first kappa shape index (κ1) is 15.8. The van der Waals surface area contributed by atoms with Crippen LogP contribution >= 0.6 is 23.2 Å². The molecule has 1 aromatic heterocycles. The van der Waals surface area contributed by atoms with Gasteiger partial charge < -0.3 is 0 Å². The minimum absolute atomic E-state index is 0.0864. The number of rotatable bonds is 7. The van der Waals surface area contributed by atoms with Crippen LogP contribution in [0, 0.1) is 11.3 Å². The highest BCUT2D eigenvalue weighted by Crippen LogP contribution is 2.33. The van der Waals surface area contributed by atoms with Crippen molar-refractivity contribution >= 4 is 23.2 Å². The Labute approximate surface area is 120 Å². The molecule has 1 aromatic rings. The summed E-state index contributed by atoms with van der Waals surface area (Å²) in [5.41, 5.74) is -0.0864. The lowest BCUT2D eigenvalue weighted by Gasteiger charge is -2.31. The fourth-order valence-corrected chi connectivity index (χ4v) is 3.04. The molecule has 3 nitrogen and oxygen atoms in total. The van der Waals surface area contributed by atoms with Crippen LogP contribution < -0.4 is 0 Å². The first-order valence-corrected chi connectivity index (χ1v) is 7.51. The van der Waals surface area contributed by atoms with Gasteiger partial charge in [0.15, 0.2) is 0 Å². The van der Waals surface area contributed by atoms with Gasteiger partial charge in [-0.1, -0.05) is 13.8 Å². The predicted octanol–water partition coefficient (Wildman–Crippen LogP) is 3.91. The Morgan fingerprint density at radius 3 is 2.28 bits per heavy atom. The topological polar surface area (TPSA) is 30.7 Å². The average Bonchev–Trinajstić information content (AvgIpc) is 2.75. The quantitative estimate of drug-likeness (QED) is 0.713. The number of alkyl halides is 2. The van der Waals surface area contributed by atoms with Gasteiger partial charge in [-0.3, -0.25) is 0 Å². The molecule has 18 heavy (non-hydrogen) atoms. The minimum Gasteiger partial charge on any atom is -0.248 e. The lowest BCUT2D eigenvalue weighted by Crippen LogP contribution is -2.31. The summed E-state index contributed by atoms with van der Waals surface area (Å²) in [7, 11) is 0. The third-order valence-electron chi connectivity index (χ3n) is 3.08. The van der Waals surface area contributed by atoms with Crippen LogP contribution in [0.4, 0.5) is 0 Å². The van der Waals surface area contributed by atoms with E-state index >= 15 is 0 Å². The summed E-state index contributed by atoms with van der Waals surface area (Å²) < 4.78 is 1.95. The second-order valence-corrected chi connectivity index (χ2v) is 6.29. The number of nitrogens with zero attached hydrogens (tertiary/aromatic N) is 3. The van der Waals surface area contributed by atoms with Crippen LogP contribution in [-0.2, 0) is 6.42 Å². The lowest BCUT2D eigenvalue weighted by molar-refractivity contribution is 0.282. The summed E-state index contributed by atoms with van der Waals surface area (Å²) in [4.78, 5) is 4.36. The zero-order chi connectivity index (χ0) is 13.8. The van der Waals surface area contributed by atoms with Gasteiger partial charge >= 0.3 is 0 Å². The van der Waals surface area contributed by atoms with Crippen molar-refractivity contribution in [3.05, 3.63) is 12.2 Å². The molecule has 0 unspecified atom stereocenters. The summed E-state index contributed by atoms with van der Waals surface area (Å²) in [6, 6.07) is 0.310. The fraction of sp³-hybridized carbons (Fsp3) is 0.846. The molecule has 0 atom stereocenters. The number of aromatic nitrogens is 3. The highest BCUT2D eigenvalue weighted by Gasteiger charge is 2.31. The molecule has 0 amide bonds. The van der Waals surface area contributed by atoms with Crippen LogP contribution in [-0.4, -0.2) is 26.5 Å². The highest BCUT2D eigenvalue weighted by atomic mass is 35.5. The molecule has 5 heteroatoms. The van der Waals surface area contributed by atoms with E-state index in [2.05, 4.69) is 37.8 Å². The van der Waals surface area contributed by atoms with E-state index < -0.39 is 0 Å². The summed E-state index contributed by atoms with van der Waals surface area (Å²) in [6.07, 6.45) is 3.40. The largest absolute Gasteiger partial charge is 0.248 e. The number of hydrogen-bond donors (Lipinski definition) is 0. The SMILES string of the molecule is CC(C)CC(CCl)(CCl)Cc1ncnn1C(C)C. The lowest BCUT2D eigenvalue weighted by atomic mass is 9.80. The second-order valence-electron chi connectivity index (χ2n) is 5.76. The third-order valence-corrected chi connectivity index (χ3v) is 4.21. The molecule has 0 saturated heterocycles. The molecular weight excluding hydrogens is 269 g/mol. The highest BCUT2D eigenvalue weighted by molar-refractivity contribution is 6.21. The van der Waals surface area contributed by atoms with E-state index in [0.29, 0.717) is 23.7 Å². The van der Waals surface area contributed by atoms with Crippen LogP contribution in [0.5, 0.6) is 0 Å². The molecule has 0 spiro atoms. The van der Waals surface area contributed by atoms with Gasteiger partial charge in [0.25, 0.3) is 0 Å². The maximum atomic E-state index is 6.18. The zero-order valence-corrected chi connectivity index (χ0v) is 13.2. The minimum atomic E-state index is -0.0864. The molecule has 0 radical (unpaired) electrons. The third kappa shape index (κ3) is 3.86. The standard InChI is InChI=1S/C13H23Cl2N3/c1-10(2)5-13(7-14,8-15)6-12-16-9-17-18(12)11(3)4/h9-11H,5-8H2,1-4H3. The molecule has 1 rings (SSSR count). The zero-order valence-electron chi connectivity index (χ0n) is 11.7. The second kappa shape index (κ2) is 6.76. The van der Waals surface area contributed by atoms with Crippen molar-refractivity contribution < 1.29 is 0 Å². The van der Waals surface area contributed by atoms with Crippen LogP contribution in [0.15, 0.2) is 6.33 Å². The van der Waals surface area contributed by atoms with E-state index in [1.807, 2.05) is 4.68 Å². The number of halogens is 2. The van der Waals surface area contributed by atoms with Gasteiger partial charge in [-0.25, -0.2) is 9.67 Å².